The molecular weight excluding hydrogens is 340 g/mol. The summed E-state index contributed by atoms with van der Waals surface area (Å²) in [6.07, 6.45) is 8.57. The van der Waals surface area contributed by atoms with Crippen molar-refractivity contribution in [2.24, 2.45) is 4.99 Å². The summed E-state index contributed by atoms with van der Waals surface area (Å²) in [7, 11) is 3.43. The van der Waals surface area contributed by atoms with Crippen molar-refractivity contribution in [3.8, 4) is 17.1 Å². The fraction of sp³-hybridized carbons (Fsp3) is 0.450. The molecule has 144 valence electrons. The Kier molecular flexibility index (Phi) is 6.84. The molecule has 1 aliphatic rings. The lowest BCUT2D eigenvalue weighted by Crippen LogP contribution is -2.37. The van der Waals surface area contributed by atoms with E-state index in [0.29, 0.717) is 12.4 Å². The molecule has 0 saturated heterocycles. The van der Waals surface area contributed by atoms with E-state index >= 15 is 0 Å². The number of nitrogens with zero attached hydrogens (tertiary/aromatic N) is 3. The van der Waals surface area contributed by atoms with E-state index in [1.165, 1.54) is 25.7 Å². The van der Waals surface area contributed by atoms with Crippen LogP contribution in [-0.4, -0.2) is 41.8 Å². The normalized spacial score (nSPS) is 14.6. The number of ether oxygens (including phenoxy) is 1. The van der Waals surface area contributed by atoms with Crippen molar-refractivity contribution < 1.29 is 4.74 Å². The Labute approximate surface area is 160 Å². The van der Waals surface area contributed by atoms with Gasteiger partial charge in [-0.25, -0.2) is 4.98 Å². The van der Waals surface area contributed by atoms with Crippen molar-refractivity contribution in [1.29, 1.82) is 0 Å². The molecule has 0 fully saturated rings. The Morgan fingerprint density at radius 1 is 1.22 bits per heavy atom. The highest BCUT2D eigenvalue weighted by Gasteiger charge is 2.08. The first kappa shape index (κ1) is 18.9. The lowest BCUT2D eigenvalue weighted by Gasteiger charge is -2.14. The lowest BCUT2D eigenvalue weighted by atomic mass is 9.97. The summed E-state index contributed by atoms with van der Waals surface area (Å²) in [5.74, 6) is 3.02. The zero-order valence-corrected chi connectivity index (χ0v) is 16.1. The summed E-state index contributed by atoms with van der Waals surface area (Å²) >= 11 is 0. The predicted octanol–water partition coefficient (Wildman–Crippen LogP) is 3.04. The van der Waals surface area contributed by atoms with Gasteiger partial charge in [-0.05, 0) is 56.4 Å². The molecule has 0 aliphatic heterocycles. The number of rotatable bonds is 7. The topological polar surface area (TPSA) is 87.2 Å². The molecule has 0 amide bonds. The number of hydrogen-bond acceptors (Lipinski definition) is 4. The third-order valence-corrected chi connectivity index (χ3v) is 4.65. The summed E-state index contributed by atoms with van der Waals surface area (Å²) < 4.78 is 5.18. The molecular formula is C20H28N6O. The molecule has 0 atom stereocenters. The molecule has 27 heavy (non-hydrogen) atoms. The van der Waals surface area contributed by atoms with E-state index in [9.17, 15) is 0 Å². The molecule has 0 bridgehead atoms. The molecule has 3 rings (SSSR count). The first-order chi connectivity index (χ1) is 13.3. The number of methoxy groups -OCH3 is 1. The Hall–Kier alpha value is -2.83. The van der Waals surface area contributed by atoms with Crippen LogP contribution in [0.3, 0.4) is 0 Å². The number of aromatic amines is 1. The quantitative estimate of drug-likeness (QED) is 0.397. The highest BCUT2D eigenvalue weighted by atomic mass is 16.5. The number of nitrogens with one attached hydrogen (secondary N) is 3. The highest BCUT2D eigenvalue weighted by molar-refractivity contribution is 5.79. The van der Waals surface area contributed by atoms with E-state index < -0.39 is 0 Å². The fourth-order valence-corrected chi connectivity index (χ4v) is 3.10. The van der Waals surface area contributed by atoms with E-state index in [2.05, 4.69) is 36.9 Å². The maximum absolute atomic E-state index is 5.18. The number of H-pyrrole nitrogens is 1. The van der Waals surface area contributed by atoms with Crippen LogP contribution in [0.4, 0.5) is 0 Å². The molecule has 2 aromatic rings. The molecule has 0 spiro atoms. The van der Waals surface area contributed by atoms with Crippen LogP contribution >= 0.6 is 0 Å². The van der Waals surface area contributed by atoms with E-state index in [-0.39, 0.29) is 0 Å². The summed E-state index contributed by atoms with van der Waals surface area (Å²) in [6, 6.07) is 7.69. The van der Waals surface area contributed by atoms with Crippen molar-refractivity contribution in [3.63, 3.8) is 0 Å². The minimum Gasteiger partial charge on any atom is -0.497 e. The van der Waals surface area contributed by atoms with Crippen LogP contribution in [0.2, 0.25) is 0 Å². The van der Waals surface area contributed by atoms with Gasteiger partial charge in [-0.15, -0.1) is 0 Å². The fourth-order valence-electron chi connectivity index (χ4n) is 3.10. The number of aliphatic imine (C=N–C) groups is 1. The molecule has 1 aromatic carbocycles. The maximum Gasteiger partial charge on any atom is 0.191 e. The summed E-state index contributed by atoms with van der Waals surface area (Å²) in [5.41, 5.74) is 2.50. The van der Waals surface area contributed by atoms with Gasteiger partial charge in [0.05, 0.1) is 13.7 Å². The summed E-state index contributed by atoms with van der Waals surface area (Å²) in [5, 5.41) is 13.9. The van der Waals surface area contributed by atoms with E-state index in [1.54, 1.807) is 19.7 Å². The van der Waals surface area contributed by atoms with Crippen LogP contribution < -0.4 is 15.4 Å². The number of aromatic nitrogens is 3. The minimum absolute atomic E-state index is 0.533. The predicted molar refractivity (Wildman–Crippen MR) is 108 cm³/mol. The second-order valence-electron chi connectivity index (χ2n) is 6.54. The van der Waals surface area contributed by atoms with Gasteiger partial charge in [0.2, 0.25) is 0 Å². The third-order valence-electron chi connectivity index (χ3n) is 4.65. The van der Waals surface area contributed by atoms with Crippen molar-refractivity contribution >= 4 is 5.96 Å². The average molecular weight is 368 g/mol. The lowest BCUT2D eigenvalue weighted by molar-refractivity contribution is 0.415. The third kappa shape index (κ3) is 5.57. The van der Waals surface area contributed by atoms with Gasteiger partial charge in [0.15, 0.2) is 11.8 Å². The van der Waals surface area contributed by atoms with Gasteiger partial charge >= 0.3 is 0 Å². The SMILES string of the molecule is CN=C(NCCC1=CCCCC1)NCc1nc(-c2ccc(OC)cc2)n[nH]1. The summed E-state index contributed by atoms with van der Waals surface area (Å²) in [6.45, 7) is 1.42. The number of allylic oxidation sites excluding steroid dienone is 1. The second-order valence-corrected chi connectivity index (χ2v) is 6.54. The standard InChI is InChI=1S/C20H28N6O/c1-21-20(22-13-12-15-6-4-3-5-7-15)23-14-18-24-19(26-25-18)16-8-10-17(27-2)11-9-16/h6,8-11H,3-5,7,12-14H2,1-2H3,(H2,21,22,23)(H,24,25,26). The van der Waals surface area contributed by atoms with E-state index in [0.717, 1.165) is 36.1 Å². The van der Waals surface area contributed by atoms with Crippen LogP contribution in [0.1, 0.15) is 37.9 Å². The smallest absolute Gasteiger partial charge is 0.191 e. The Balaban J connectivity index is 1.46. The zero-order valence-electron chi connectivity index (χ0n) is 16.1. The van der Waals surface area contributed by atoms with Crippen LogP contribution in [0, 0.1) is 0 Å². The largest absolute Gasteiger partial charge is 0.497 e. The van der Waals surface area contributed by atoms with Crippen LogP contribution in [0.5, 0.6) is 5.75 Å². The highest BCUT2D eigenvalue weighted by Crippen LogP contribution is 2.20. The first-order valence-electron chi connectivity index (χ1n) is 9.46. The molecule has 0 saturated carbocycles. The molecule has 0 unspecified atom stereocenters. The number of hydrogen-bond donors (Lipinski definition) is 3. The maximum atomic E-state index is 5.18. The van der Waals surface area contributed by atoms with Gasteiger partial charge in [-0.3, -0.25) is 10.1 Å². The molecule has 7 heteroatoms. The van der Waals surface area contributed by atoms with Gasteiger partial charge in [0, 0.05) is 19.2 Å². The Morgan fingerprint density at radius 3 is 2.78 bits per heavy atom. The monoisotopic (exact) mass is 368 g/mol. The summed E-state index contributed by atoms with van der Waals surface area (Å²) in [4.78, 5) is 8.80. The van der Waals surface area contributed by atoms with Gasteiger partial charge in [0.25, 0.3) is 0 Å². The van der Waals surface area contributed by atoms with Crippen LogP contribution in [0.25, 0.3) is 11.4 Å². The van der Waals surface area contributed by atoms with Crippen molar-refractivity contribution in [2.75, 3.05) is 20.7 Å². The molecule has 1 aliphatic carbocycles. The van der Waals surface area contributed by atoms with Crippen LogP contribution in [-0.2, 0) is 6.54 Å². The van der Waals surface area contributed by atoms with Crippen molar-refractivity contribution in [3.05, 3.63) is 41.7 Å². The van der Waals surface area contributed by atoms with Crippen molar-refractivity contribution in [1.82, 2.24) is 25.8 Å². The molecule has 1 heterocycles. The number of benzene rings is 1. The molecule has 3 N–H and O–H groups in total. The Morgan fingerprint density at radius 2 is 2.07 bits per heavy atom. The van der Waals surface area contributed by atoms with E-state index in [4.69, 9.17) is 4.74 Å². The van der Waals surface area contributed by atoms with Crippen LogP contribution in [0.15, 0.2) is 40.9 Å². The van der Waals surface area contributed by atoms with Crippen molar-refractivity contribution in [2.45, 2.75) is 38.6 Å². The first-order valence-corrected chi connectivity index (χ1v) is 9.46. The molecule has 7 nitrogen and oxygen atoms in total. The zero-order chi connectivity index (χ0) is 18.9. The van der Waals surface area contributed by atoms with E-state index in [1.807, 2.05) is 24.3 Å². The number of guanidine groups is 1. The second kappa shape index (κ2) is 9.75. The van der Waals surface area contributed by atoms with Gasteiger partial charge in [-0.1, -0.05) is 11.6 Å². The van der Waals surface area contributed by atoms with Gasteiger partial charge < -0.3 is 15.4 Å². The minimum atomic E-state index is 0.533. The molecule has 1 aromatic heterocycles. The Bertz CT molecular complexity index is 778. The van der Waals surface area contributed by atoms with Gasteiger partial charge in [0.1, 0.15) is 11.6 Å². The molecule has 0 radical (unpaired) electrons. The average Bonchev–Trinajstić information content (AvgIpc) is 3.20. The van der Waals surface area contributed by atoms with Gasteiger partial charge in [-0.2, -0.15) is 5.10 Å².